The number of fused-ring (bicyclic) bond motifs is 1. The molecule has 14 heteroatoms. The summed E-state index contributed by atoms with van der Waals surface area (Å²) in [5.41, 5.74) is 2.84. The van der Waals surface area contributed by atoms with Crippen molar-refractivity contribution in [2.45, 2.75) is 71.6 Å². The summed E-state index contributed by atoms with van der Waals surface area (Å²) in [6, 6.07) is 15.3. The van der Waals surface area contributed by atoms with Gasteiger partial charge in [-0.2, -0.15) is 0 Å². The van der Waals surface area contributed by atoms with Crippen molar-refractivity contribution in [3.05, 3.63) is 112 Å². The summed E-state index contributed by atoms with van der Waals surface area (Å²) >= 11 is 5.98. The Hall–Kier alpha value is -5.56. The number of aromatic nitrogens is 3. The number of carbonyl (C=O) groups is 4. The number of hydrogen-bond donors (Lipinski definition) is 1. The summed E-state index contributed by atoms with van der Waals surface area (Å²) in [5.74, 6) is -2.29. The van der Waals surface area contributed by atoms with E-state index in [2.05, 4.69) is 15.6 Å². The fourth-order valence-electron chi connectivity index (χ4n) is 6.41. The Morgan fingerprint density at radius 1 is 0.889 bits per heavy atom. The fraction of sp³-hybridized carbons (Fsp3) is 0.350. The molecule has 1 N–H and O–H groups in total. The molecule has 12 nitrogen and oxygen atoms in total. The highest BCUT2D eigenvalue weighted by Crippen LogP contribution is 2.38. The van der Waals surface area contributed by atoms with Gasteiger partial charge in [0.15, 0.2) is 11.5 Å². The van der Waals surface area contributed by atoms with E-state index in [1.165, 1.54) is 23.2 Å². The van der Waals surface area contributed by atoms with Crippen LogP contribution in [0.25, 0.3) is 11.3 Å². The van der Waals surface area contributed by atoms with E-state index in [0.717, 1.165) is 21.4 Å². The molecule has 282 valence electrons. The highest BCUT2D eigenvalue weighted by Gasteiger charge is 2.39. The van der Waals surface area contributed by atoms with Crippen molar-refractivity contribution in [2.75, 3.05) is 25.0 Å². The van der Waals surface area contributed by atoms with Gasteiger partial charge in [0, 0.05) is 25.3 Å². The summed E-state index contributed by atoms with van der Waals surface area (Å²) in [6.07, 6.45) is 3.91. The number of amides is 3. The van der Waals surface area contributed by atoms with Gasteiger partial charge < -0.3 is 24.6 Å². The number of nitrogens with zero attached hydrogens (tertiary/aromatic N) is 5. The quantitative estimate of drug-likeness (QED) is 0.201. The zero-order valence-corrected chi connectivity index (χ0v) is 31.7. The molecular weight excluding hydrogens is 715 g/mol. The van der Waals surface area contributed by atoms with Gasteiger partial charge in [-0.1, -0.05) is 47.2 Å². The molecule has 0 aliphatic carbocycles. The lowest BCUT2D eigenvalue weighted by Gasteiger charge is -2.37. The van der Waals surface area contributed by atoms with Gasteiger partial charge in [-0.3, -0.25) is 9.59 Å². The highest BCUT2D eigenvalue weighted by atomic mass is 35.5. The van der Waals surface area contributed by atoms with Crippen LogP contribution in [0.2, 0.25) is 5.02 Å². The molecule has 1 unspecified atom stereocenters. The van der Waals surface area contributed by atoms with Gasteiger partial charge >= 0.3 is 12.1 Å². The van der Waals surface area contributed by atoms with Gasteiger partial charge in [0.1, 0.15) is 22.9 Å². The van der Waals surface area contributed by atoms with Crippen molar-refractivity contribution in [3.8, 4) is 5.69 Å². The molecule has 0 radical (unpaired) electrons. The van der Waals surface area contributed by atoms with Gasteiger partial charge in [0.2, 0.25) is 0 Å². The first-order valence-electron chi connectivity index (χ1n) is 17.6. The second kappa shape index (κ2) is 15.1. The number of carbonyl (C=O) groups excluding carboxylic acids is 4. The molecule has 0 fully saturated rings. The van der Waals surface area contributed by atoms with Crippen LogP contribution in [0.4, 0.5) is 14.9 Å². The van der Waals surface area contributed by atoms with E-state index < -0.39 is 40.8 Å². The minimum absolute atomic E-state index is 0.0118. The molecular formula is C40H42ClFN6O6. The first-order chi connectivity index (χ1) is 25.5. The molecule has 0 bridgehead atoms. The third-order valence-electron chi connectivity index (χ3n) is 8.81. The third-order valence-corrected chi connectivity index (χ3v) is 9.11. The molecule has 0 saturated carbocycles. The Labute approximate surface area is 317 Å². The number of anilines is 1. The first-order valence-corrected chi connectivity index (χ1v) is 18.0. The van der Waals surface area contributed by atoms with Crippen LogP contribution in [0, 0.1) is 5.82 Å². The van der Waals surface area contributed by atoms with Crippen LogP contribution in [-0.2, 0) is 20.7 Å². The SMILES string of the molecule is CC(C)(C)OC(=O)c1ccc(NC(=O)C2c3cccc(C4=CCN(C(=O)OC(C)(C)C)CC4)c3CCN2C(=O)c2cn(-c3cccc(Cl)c3F)nn2)cc1. The minimum atomic E-state index is -1.10. The molecule has 2 aliphatic rings. The van der Waals surface area contributed by atoms with E-state index in [1.807, 2.05) is 45.0 Å². The van der Waals surface area contributed by atoms with E-state index >= 15 is 0 Å². The van der Waals surface area contributed by atoms with Crippen molar-refractivity contribution in [1.82, 2.24) is 24.8 Å². The van der Waals surface area contributed by atoms with Crippen LogP contribution >= 0.6 is 11.6 Å². The zero-order valence-electron chi connectivity index (χ0n) is 31.0. The lowest BCUT2D eigenvalue weighted by atomic mass is 9.84. The zero-order chi connectivity index (χ0) is 38.9. The van der Waals surface area contributed by atoms with Crippen LogP contribution in [0.15, 0.2) is 72.9 Å². The topological polar surface area (TPSA) is 136 Å². The van der Waals surface area contributed by atoms with Crippen LogP contribution in [-0.4, -0.2) is 79.5 Å². The highest BCUT2D eigenvalue weighted by molar-refractivity contribution is 6.30. The molecule has 54 heavy (non-hydrogen) atoms. The van der Waals surface area contributed by atoms with E-state index in [9.17, 15) is 23.6 Å². The van der Waals surface area contributed by atoms with Crippen molar-refractivity contribution < 1.29 is 33.0 Å². The summed E-state index contributed by atoms with van der Waals surface area (Å²) in [6.45, 7) is 11.8. The number of nitrogens with one attached hydrogen (secondary N) is 1. The van der Waals surface area contributed by atoms with E-state index in [4.69, 9.17) is 21.1 Å². The van der Waals surface area contributed by atoms with E-state index in [0.29, 0.717) is 42.7 Å². The maximum Gasteiger partial charge on any atom is 0.410 e. The van der Waals surface area contributed by atoms with Gasteiger partial charge in [-0.05, 0) is 113 Å². The lowest BCUT2D eigenvalue weighted by Crippen LogP contribution is -2.45. The lowest BCUT2D eigenvalue weighted by molar-refractivity contribution is -0.121. The molecule has 0 spiro atoms. The second-order valence-corrected chi connectivity index (χ2v) is 15.5. The molecule has 6 rings (SSSR count). The summed E-state index contributed by atoms with van der Waals surface area (Å²) in [4.78, 5) is 56.9. The number of hydrogen-bond acceptors (Lipinski definition) is 8. The molecule has 4 aromatic rings. The molecule has 3 aromatic carbocycles. The van der Waals surface area contributed by atoms with Crippen LogP contribution in [0.5, 0.6) is 0 Å². The van der Waals surface area contributed by atoms with Crippen molar-refractivity contribution in [1.29, 1.82) is 0 Å². The standard InChI is InChI=1S/C40H42ClFN6O6/c1-39(2,3)53-37(51)25-13-15-26(16-14-25)43-35(49)34-29-10-7-9-27(24-17-20-46(21-18-24)38(52)54-40(4,5)6)28(29)19-22-47(34)36(50)31-23-48(45-44-31)32-12-8-11-30(41)33(32)42/h7-17,23,34H,18-22H2,1-6H3,(H,43,49). The molecule has 1 atom stereocenters. The molecule has 1 aromatic heterocycles. The smallest absolute Gasteiger partial charge is 0.410 e. The third kappa shape index (κ3) is 8.46. The normalized spacial score (nSPS) is 15.9. The van der Waals surface area contributed by atoms with Crippen LogP contribution < -0.4 is 5.32 Å². The summed E-state index contributed by atoms with van der Waals surface area (Å²) in [5, 5.41) is 10.8. The number of halogens is 2. The average molecular weight is 757 g/mol. The number of ether oxygens (including phenoxy) is 2. The number of rotatable bonds is 6. The predicted molar refractivity (Wildman–Crippen MR) is 201 cm³/mol. The van der Waals surface area contributed by atoms with E-state index in [1.54, 1.807) is 56.0 Å². The maximum absolute atomic E-state index is 14.8. The minimum Gasteiger partial charge on any atom is -0.456 e. The second-order valence-electron chi connectivity index (χ2n) is 15.1. The molecule has 3 heterocycles. The molecule has 3 amide bonds. The Morgan fingerprint density at radius 3 is 2.26 bits per heavy atom. The van der Waals surface area contributed by atoms with E-state index in [-0.39, 0.29) is 29.0 Å². The van der Waals surface area contributed by atoms with Crippen molar-refractivity contribution >= 4 is 46.7 Å². The van der Waals surface area contributed by atoms with Gasteiger partial charge in [0.25, 0.3) is 11.8 Å². The Bertz CT molecular complexity index is 2140. The summed E-state index contributed by atoms with van der Waals surface area (Å²) < 4.78 is 27.0. The number of esters is 1. The van der Waals surface area contributed by atoms with Crippen molar-refractivity contribution in [3.63, 3.8) is 0 Å². The Kier molecular flexibility index (Phi) is 10.6. The average Bonchev–Trinajstić information content (AvgIpc) is 3.61. The summed E-state index contributed by atoms with van der Waals surface area (Å²) in [7, 11) is 0. The van der Waals surface area contributed by atoms with Crippen molar-refractivity contribution in [2.24, 2.45) is 0 Å². The van der Waals surface area contributed by atoms with Gasteiger partial charge in [-0.25, -0.2) is 18.7 Å². The Morgan fingerprint density at radius 2 is 1.59 bits per heavy atom. The van der Waals surface area contributed by atoms with Crippen LogP contribution in [0.1, 0.15) is 91.5 Å². The monoisotopic (exact) mass is 756 g/mol. The molecule has 2 aliphatic heterocycles. The largest absolute Gasteiger partial charge is 0.456 e. The van der Waals surface area contributed by atoms with Gasteiger partial charge in [-0.15, -0.1) is 5.10 Å². The fourth-order valence-corrected chi connectivity index (χ4v) is 6.58. The number of benzene rings is 3. The Balaban J connectivity index is 1.31. The van der Waals surface area contributed by atoms with Crippen LogP contribution in [0.3, 0.4) is 0 Å². The first kappa shape index (κ1) is 38.2. The molecule has 0 saturated heterocycles. The maximum atomic E-state index is 14.8. The van der Waals surface area contributed by atoms with Gasteiger partial charge in [0.05, 0.1) is 16.8 Å². The predicted octanol–water partition coefficient (Wildman–Crippen LogP) is 7.42.